The second-order valence-electron chi connectivity index (χ2n) is 10.1. The van der Waals surface area contributed by atoms with Crippen molar-refractivity contribution in [2.75, 3.05) is 20.3 Å². The molecule has 2 heterocycles. The second-order valence-corrected chi connectivity index (χ2v) is 10.1. The molecule has 1 atom stereocenters. The quantitative estimate of drug-likeness (QED) is 0.172. The molecule has 3 aromatic rings. The highest BCUT2D eigenvalue weighted by Gasteiger charge is 2.46. The SMILES string of the molecule is CCCOc1cccc(C(O)=C2C(=O)C(=O)N(Cc3cccnc3)C2c2ccc(OCCC(C)C)c(OC)c2)c1. The van der Waals surface area contributed by atoms with Crippen LogP contribution in [-0.4, -0.2) is 47.0 Å². The van der Waals surface area contributed by atoms with E-state index >= 15 is 0 Å². The van der Waals surface area contributed by atoms with E-state index in [1.165, 1.54) is 4.90 Å². The van der Waals surface area contributed by atoms with E-state index in [1.807, 2.05) is 13.0 Å². The number of pyridine rings is 1. The van der Waals surface area contributed by atoms with Gasteiger partial charge in [-0.25, -0.2) is 0 Å². The second kappa shape index (κ2) is 13.2. The van der Waals surface area contributed by atoms with Crippen LogP contribution in [-0.2, 0) is 16.1 Å². The van der Waals surface area contributed by atoms with Crippen molar-refractivity contribution in [3.05, 3.63) is 89.3 Å². The molecule has 40 heavy (non-hydrogen) atoms. The van der Waals surface area contributed by atoms with Crippen molar-refractivity contribution in [1.82, 2.24) is 9.88 Å². The number of carbonyl (C=O) groups excluding carboxylic acids is 2. The summed E-state index contributed by atoms with van der Waals surface area (Å²) in [5.41, 5.74) is 1.75. The summed E-state index contributed by atoms with van der Waals surface area (Å²) in [6.45, 7) is 7.44. The third kappa shape index (κ3) is 6.45. The maximum absolute atomic E-state index is 13.5. The summed E-state index contributed by atoms with van der Waals surface area (Å²) in [4.78, 5) is 32.5. The van der Waals surface area contributed by atoms with E-state index in [-0.39, 0.29) is 17.9 Å². The fourth-order valence-corrected chi connectivity index (χ4v) is 4.56. The van der Waals surface area contributed by atoms with Gasteiger partial charge in [0, 0.05) is 24.5 Å². The number of hydrogen-bond donors (Lipinski definition) is 1. The molecule has 210 valence electrons. The van der Waals surface area contributed by atoms with Gasteiger partial charge in [-0.3, -0.25) is 14.6 Å². The van der Waals surface area contributed by atoms with Crippen LogP contribution in [0.2, 0.25) is 0 Å². The summed E-state index contributed by atoms with van der Waals surface area (Å²) >= 11 is 0. The van der Waals surface area contributed by atoms with Crippen LogP contribution in [0.5, 0.6) is 17.2 Å². The zero-order valence-electron chi connectivity index (χ0n) is 23.4. The molecule has 8 heteroatoms. The number of rotatable bonds is 12. The molecule has 1 unspecified atom stereocenters. The fourth-order valence-electron chi connectivity index (χ4n) is 4.56. The van der Waals surface area contributed by atoms with Gasteiger partial charge in [0.05, 0.1) is 31.9 Å². The minimum absolute atomic E-state index is 0.00272. The molecule has 1 amide bonds. The van der Waals surface area contributed by atoms with E-state index in [4.69, 9.17) is 14.2 Å². The minimum atomic E-state index is -0.862. The Morgan fingerprint density at radius 1 is 1.02 bits per heavy atom. The Hall–Kier alpha value is -4.33. The molecule has 1 aliphatic heterocycles. The largest absolute Gasteiger partial charge is 0.507 e. The van der Waals surface area contributed by atoms with Gasteiger partial charge < -0.3 is 24.2 Å². The number of hydrogen-bond acceptors (Lipinski definition) is 7. The number of ketones is 1. The van der Waals surface area contributed by atoms with Crippen LogP contribution in [0.15, 0.2) is 72.6 Å². The molecule has 1 N–H and O–H groups in total. The first-order chi connectivity index (χ1) is 19.3. The summed E-state index contributed by atoms with van der Waals surface area (Å²) in [5, 5.41) is 11.5. The fraction of sp³-hybridized carbons (Fsp3) is 0.344. The van der Waals surface area contributed by atoms with Crippen molar-refractivity contribution in [2.45, 2.75) is 46.2 Å². The Labute approximate surface area is 235 Å². The Morgan fingerprint density at radius 3 is 2.55 bits per heavy atom. The summed E-state index contributed by atoms with van der Waals surface area (Å²) in [5.74, 6) is 0.364. The first kappa shape index (κ1) is 28.7. The van der Waals surface area contributed by atoms with Crippen molar-refractivity contribution in [2.24, 2.45) is 5.92 Å². The lowest BCUT2D eigenvalue weighted by Gasteiger charge is -2.26. The first-order valence-electron chi connectivity index (χ1n) is 13.5. The van der Waals surface area contributed by atoms with Crippen molar-refractivity contribution in [1.29, 1.82) is 0 Å². The molecule has 0 radical (unpaired) electrons. The Balaban J connectivity index is 1.80. The predicted molar refractivity (Wildman–Crippen MR) is 152 cm³/mol. The number of aliphatic hydroxyl groups is 1. The van der Waals surface area contributed by atoms with E-state index in [2.05, 4.69) is 18.8 Å². The maximum Gasteiger partial charge on any atom is 0.295 e. The average Bonchev–Trinajstić information content (AvgIpc) is 3.21. The molecule has 4 rings (SSSR count). The highest BCUT2D eigenvalue weighted by atomic mass is 16.5. The Bertz CT molecular complexity index is 1370. The Kier molecular flexibility index (Phi) is 9.43. The smallest absolute Gasteiger partial charge is 0.295 e. The van der Waals surface area contributed by atoms with Gasteiger partial charge in [0.15, 0.2) is 11.5 Å². The average molecular weight is 545 g/mol. The molecular formula is C32H36N2O6. The van der Waals surface area contributed by atoms with Crippen molar-refractivity contribution in [3.8, 4) is 17.2 Å². The van der Waals surface area contributed by atoms with Gasteiger partial charge in [-0.05, 0) is 60.2 Å². The van der Waals surface area contributed by atoms with Crippen LogP contribution < -0.4 is 14.2 Å². The number of ether oxygens (including phenoxy) is 3. The van der Waals surface area contributed by atoms with Gasteiger partial charge >= 0.3 is 0 Å². The van der Waals surface area contributed by atoms with Gasteiger partial charge in [0.25, 0.3) is 11.7 Å². The molecule has 0 aliphatic carbocycles. The third-order valence-corrected chi connectivity index (χ3v) is 6.65. The minimum Gasteiger partial charge on any atom is -0.507 e. The van der Waals surface area contributed by atoms with Crippen LogP contribution in [0.25, 0.3) is 5.76 Å². The molecule has 0 spiro atoms. The number of aliphatic hydroxyl groups excluding tert-OH is 1. The van der Waals surface area contributed by atoms with Crippen molar-refractivity contribution >= 4 is 17.4 Å². The highest BCUT2D eigenvalue weighted by molar-refractivity contribution is 6.46. The van der Waals surface area contributed by atoms with E-state index in [0.717, 1.165) is 18.4 Å². The number of likely N-dealkylation sites (tertiary alicyclic amines) is 1. The lowest BCUT2D eigenvalue weighted by atomic mass is 9.94. The predicted octanol–water partition coefficient (Wildman–Crippen LogP) is 5.93. The van der Waals surface area contributed by atoms with Gasteiger partial charge in [-0.15, -0.1) is 0 Å². The standard InChI is InChI=1S/C32H36N2O6/c1-5-15-39-25-10-6-9-24(17-25)30(35)28-29(34(32(37)31(28)36)20-22-8-7-14-33-19-22)23-11-12-26(27(18-23)38-4)40-16-13-21(2)3/h6-12,14,17-19,21,29,35H,5,13,15-16,20H2,1-4H3. The number of methoxy groups -OCH3 is 1. The maximum atomic E-state index is 13.5. The summed E-state index contributed by atoms with van der Waals surface area (Å²) in [6.07, 6.45) is 5.01. The molecular weight excluding hydrogens is 508 g/mol. The number of amides is 1. The number of benzene rings is 2. The molecule has 2 aromatic carbocycles. The summed E-state index contributed by atoms with van der Waals surface area (Å²) in [7, 11) is 1.54. The van der Waals surface area contributed by atoms with Crippen LogP contribution >= 0.6 is 0 Å². The zero-order valence-corrected chi connectivity index (χ0v) is 23.4. The molecule has 0 bridgehead atoms. The normalized spacial score (nSPS) is 16.4. The molecule has 0 saturated carbocycles. The molecule has 1 aromatic heterocycles. The van der Waals surface area contributed by atoms with Crippen LogP contribution in [0, 0.1) is 5.92 Å². The topological polar surface area (TPSA) is 98.2 Å². The third-order valence-electron chi connectivity index (χ3n) is 6.65. The lowest BCUT2D eigenvalue weighted by Crippen LogP contribution is -2.29. The lowest BCUT2D eigenvalue weighted by molar-refractivity contribution is -0.140. The molecule has 1 saturated heterocycles. The summed E-state index contributed by atoms with van der Waals surface area (Å²) in [6, 6.07) is 15.0. The van der Waals surface area contributed by atoms with Crippen LogP contribution in [0.4, 0.5) is 0 Å². The van der Waals surface area contributed by atoms with E-state index in [0.29, 0.717) is 47.5 Å². The van der Waals surface area contributed by atoms with Gasteiger partial charge in [0.1, 0.15) is 11.5 Å². The number of nitrogens with zero attached hydrogens (tertiary/aromatic N) is 2. The van der Waals surface area contributed by atoms with Crippen LogP contribution in [0.3, 0.4) is 0 Å². The van der Waals surface area contributed by atoms with Crippen molar-refractivity contribution < 1.29 is 28.9 Å². The first-order valence-corrected chi connectivity index (χ1v) is 13.5. The number of carbonyl (C=O) groups is 2. The number of Topliss-reactive ketones (excluding diaryl/α,β-unsaturated/α-hetero) is 1. The number of aromatic nitrogens is 1. The van der Waals surface area contributed by atoms with Gasteiger partial charge in [-0.1, -0.05) is 45.0 Å². The van der Waals surface area contributed by atoms with Crippen LogP contribution in [0.1, 0.15) is 56.3 Å². The van der Waals surface area contributed by atoms with Crippen molar-refractivity contribution in [3.63, 3.8) is 0 Å². The van der Waals surface area contributed by atoms with E-state index in [9.17, 15) is 14.7 Å². The summed E-state index contributed by atoms with van der Waals surface area (Å²) < 4.78 is 17.3. The van der Waals surface area contributed by atoms with Gasteiger partial charge in [-0.2, -0.15) is 0 Å². The van der Waals surface area contributed by atoms with Gasteiger partial charge in [0.2, 0.25) is 0 Å². The van der Waals surface area contributed by atoms with E-state index in [1.54, 1.807) is 68.0 Å². The monoisotopic (exact) mass is 544 g/mol. The molecule has 8 nitrogen and oxygen atoms in total. The molecule has 1 fully saturated rings. The highest BCUT2D eigenvalue weighted by Crippen LogP contribution is 2.43. The zero-order chi connectivity index (χ0) is 28.6. The van der Waals surface area contributed by atoms with E-state index < -0.39 is 17.7 Å². The Morgan fingerprint density at radius 2 is 1.85 bits per heavy atom. The molecule has 1 aliphatic rings.